The summed E-state index contributed by atoms with van der Waals surface area (Å²) in [5, 5.41) is 0. The molecule has 3 heteroatoms. The van der Waals surface area contributed by atoms with Crippen LogP contribution in [-0.4, -0.2) is 24.8 Å². The molecule has 0 aromatic heterocycles. The Balaban J connectivity index is 4.11. The summed E-state index contributed by atoms with van der Waals surface area (Å²) in [7, 11) is 1.37. The molecule has 0 aromatic rings. The van der Waals surface area contributed by atoms with E-state index in [0.717, 1.165) is 6.42 Å². The highest BCUT2D eigenvalue weighted by atomic mass is 16.6. The minimum Gasteiger partial charge on any atom is -0.467 e. The average molecular weight is 174 g/mol. The lowest BCUT2D eigenvalue weighted by Crippen LogP contribution is -2.38. The minimum atomic E-state index is -0.829. The number of methoxy groups -OCH3 is 1. The van der Waals surface area contributed by atoms with Gasteiger partial charge < -0.3 is 9.47 Å². The standard InChI is InChI=1S/C9H18O3/c1-6-7(2)12-9(3,4)8(10)11-5/h7H,6H2,1-5H3. The quantitative estimate of drug-likeness (QED) is 0.609. The predicted molar refractivity (Wildman–Crippen MR) is 46.9 cm³/mol. The lowest BCUT2D eigenvalue weighted by molar-refractivity contribution is -0.170. The van der Waals surface area contributed by atoms with Crippen molar-refractivity contribution in [2.75, 3.05) is 7.11 Å². The van der Waals surface area contributed by atoms with E-state index in [1.54, 1.807) is 13.8 Å². The average Bonchev–Trinajstić information content (AvgIpc) is 2.02. The SMILES string of the molecule is CCC(C)OC(C)(C)C(=O)OC. The van der Waals surface area contributed by atoms with Gasteiger partial charge in [0.15, 0.2) is 5.60 Å². The largest absolute Gasteiger partial charge is 0.467 e. The number of hydrogen-bond acceptors (Lipinski definition) is 3. The van der Waals surface area contributed by atoms with Crippen LogP contribution in [-0.2, 0) is 14.3 Å². The molecule has 3 nitrogen and oxygen atoms in total. The van der Waals surface area contributed by atoms with Gasteiger partial charge in [-0.3, -0.25) is 0 Å². The molecule has 0 fully saturated rings. The second kappa shape index (κ2) is 4.45. The van der Waals surface area contributed by atoms with Crippen molar-refractivity contribution in [3.63, 3.8) is 0 Å². The summed E-state index contributed by atoms with van der Waals surface area (Å²) in [6.45, 7) is 7.37. The van der Waals surface area contributed by atoms with E-state index in [1.807, 2.05) is 13.8 Å². The van der Waals surface area contributed by atoms with E-state index in [0.29, 0.717) is 0 Å². The molecule has 0 aliphatic heterocycles. The number of carbonyl (C=O) groups excluding carboxylic acids is 1. The Morgan fingerprint density at radius 2 is 2.00 bits per heavy atom. The van der Waals surface area contributed by atoms with Crippen LogP contribution < -0.4 is 0 Å². The van der Waals surface area contributed by atoms with Crippen LogP contribution >= 0.6 is 0 Å². The lowest BCUT2D eigenvalue weighted by atomic mass is 10.1. The molecule has 0 aliphatic carbocycles. The van der Waals surface area contributed by atoms with E-state index in [2.05, 4.69) is 4.74 Å². The Morgan fingerprint density at radius 1 is 1.50 bits per heavy atom. The van der Waals surface area contributed by atoms with Crippen molar-refractivity contribution in [2.24, 2.45) is 0 Å². The highest BCUT2D eigenvalue weighted by Gasteiger charge is 2.30. The highest BCUT2D eigenvalue weighted by molar-refractivity contribution is 5.78. The first-order valence-electron chi connectivity index (χ1n) is 4.20. The summed E-state index contributed by atoms with van der Waals surface area (Å²) >= 11 is 0. The van der Waals surface area contributed by atoms with Crippen LogP contribution in [0.1, 0.15) is 34.1 Å². The number of rotatable bonds is 4. The van der Waals surface area contributed by atoms with Crippen LogP contribution in [0.5, 0.6) is 0 Å². The van der Waals surface area contributed by atoms with E-state index in [-0.39, 0.29) is 12.1 Å². The number of ether oxygens (including phenoxy) is 2. The van der Waals surface area contributed by atoms with Crippen LogP contribution in [0.25, 0.3) is 0 Å². The van der Waals surface area contributed by atoms with Gasteiger partial charge in [0.1, 0.15) is 0 Å². The molecule has 0 radical (unpaired) electrons. The third-order valence-electron chi connectivity index (χ3n) is 1.75. The summed E-state index contributed by atoms with van der Waals surface area (Å²) in [6.07, 6.45) is 0.972. The molecule has 0 N–H and O–H groups in total. The van der Waals surface area contributed by atoms with Crippen LogP contribution in [0.15, 0.2) is 0 Å². The van der Waals surface area contributed by atoms with Crippen LogP contribution in [0.2, 0.25) is 0 Å². The van der Waals surface area contributed by atoms with Gasteiger partial charge in [0.2, 0.25) is 0 Å². The lowest BCUT2D eigenvalue weighted by Gasteiger charge is -2.25. The first-order valence-corrected chi connectivity index (χ1v) is 4.20. The minimum absolute atomic E-state index is 0.0825. The van der Waals surface area contributed by atoms with E-state index < -0.39 is 5.60 Å². The maximum atomic E-state index is 11.1. The molecule has 1 unspecified atom stereocenters. The number of carbonyl (C=O) groups is 1. The molecule has 0 aliphatic rings. The summed E-state index contributed by atoms with van der Waals surface area (Å²) in [6, 6.07) is 0. The zero-order valence-electron chi connectivity index (χ0n) is 8.51. The Morgan fingerprint density at radius 3 is 2.33 bits per heavy atom. The summed E-state index contributed by atoms with van der Waals surface area (Å²) < 4.78 is 10.1. The van der Waals surface area contributed by atoms with E-state index >= 15 is 0 Å². The van der Waals surface area contributed by atoms with Crippen molar-refractivity contribution in [3.8, 4) is 0 Å². The fourth-order valence-corrected chi connectivity index (χ4v) is 0.880. The molecule has 1 atom stereocenters. The fourth-order valence-electron chi connectivity index (χ4n) is 0.880. The van der Waals surface area contributed by atoms with Crippen LogP contribution in [0.3, 0.4) is 0 Å². The van der Waals surface area contributed by atoms with Gasteiger partial charge in [-0.25, -0.2) is 4.79 Å². The van der Waals surface area contributed by atoms with Gasteiger partial charge in [0, 0.05) is 0 Å². The summed E-state index contributed by atoms with van der Waals surface area (Å²) in [5.74, 6) is -0.331. The molecule has 0 heterocycles. The van der Waals surface area contributed by atoms with Crippen molar-refractivity contribution in [1.29, 1.82) is 0 Å². The Kier molecular flexibility index (Phi) is 4.24. The van der Waals surface area contributed by atoms with Gasteiger partial charge in [-0.15, -0.1) is 0 Å². The van der Waals surface area contributed by atoms with Gasteiger partial charge in [-0.1, -0.05) is 6.92 Å². The molecule has 0 amide bonds. The Hall–Kier alpha value is -0.570. The molecule has 0 rings (SSSR count). The highest BCUT2D eigenvalue weighted by Crippen LogP contribution is 2.15. The molecule has 12 heavy (non-hydrogen) atoms. The third-order valence-corrected chi connectivity index (χ3v) is 1.75. The molecule has 0 bridgehead atoms. The van der Waals surface area contributed by atoms with E-state index in [1.165, 1.54) is 7.11 Å². The smallest absolute Gasteiger partial charge is 0.337 e. The molecule has 72 valence electrons. The normalized spacial score (nSPS) is 14.1. The molecular formula is C9H18O3. The summed E-state index contributed by atoms with van der Waals surface area (Å²) in [5.41, 5.74) is -0.829. The number of hydrogen-bond donors (Lipinski definition) is 0. The van der Waals surface area contributed by atoms with Gasteiger partial charge in [-0.2, -0.15) is 0 Å². The maximum absolute atomic E-state index is 11.1. The van der Waals surface area contributed by atoms with E-state index in [4.69, 9.17) is 4.74 Å². The van der Waals surface area contributed by atoms with Crippen LogP contribution in [0.4, 0.5) is 0 Å². The van der Waals surface area contributed by atoms with Crippen LogP contribution in [0, 0.1) is 0 Å². The van der Waals surface area contributed by atoms with Crippen molar-refractivity contribution in [1.82, 2.24) is 0 Å². The molecule has 0 saturated heterocycles. The zero-order valence-corrected chi connectivity index (χ0v) is 8.51. The Labute approximate surface area is 74.0 Å². The molecular weight excluding hydrogens is 156 g/mol. The molecule has 0 aromatic carbocycles. The van der Waals surface area contributed by atoms with Gasteiger partial charge >= 0.3 is 5.97 Å². The first kappa shape index (κ1) is 11.4. The zero-order chi connectivity index (χ0) is 9.78. The second-order valence-electron chi connectivity index (χ2n) is 3.34. The van der Waals surface area contributed by atoms with Gasteiger partial charge in [0.05, 0.1) is 13.2 Å². The topological polar surface area (TPSA) is 35.5 Å². The summed E-state index contributed by atoms with van der Waals surface area (Å²) in [4.78, 5) is 11.1. The first-order chi connectivity index (χ1) is 5.44. The molecule has 0 saturated carbocycles. The maximum Gasteiger partial charge on any atom is 0.337 e. The van der Waals surface area contributed by atoms with Gasteiger partial charge in [-0.05, 0) is 27.2 Å². The van der Waals surface area contributed by atoms with Crippen molar-refractivity contribution in [3.05, 3.63) is 0 Å². The third kappa shape index (κ3) is 3.22. The number of esters is 1. The predicted octanol–water partition coefficient (Wildman–Crippen LogP) is 1.75. The van der Waals surface area contributed by atoms with E-state index in [9.17, 15) is 4.79 Å². The molecule has 0 spiro atoms. The fraction of sp³-hybridized carbons (Fsp3) is 0.889. The Bertz CT molecular complexity index is 152. The monoisotopic (exact) mass is 174 g/mol. The van der Waals surface area contributed by atoms with Crippen molar-refractivity contribution < 1.29 is 14.3 Å². The second-order valence-corrected chi connectivity index (χ2v) is 3.34. The van der Waals surface area contributed by atoms with Gasteiger partial charge in [0.25, 0.3) is 0 Å². The van der Waals surface area contributed by atoms with Crippen molar-refractivity contribution in [2.45, 2.75) is 45.8 Å². The van der Waals surface area contributed by atoms with Crippen molar-refractivity contribution >= 4 is 5.97 Å².